The smallest absolute Gasteiger partial charge is 0.234 e. The fourth-order valence-corrected chi connectivity index (χ4v) is 3.69. The average Bonchev–Trinajstić information content (AvgIpc) is 2.71. The standard InChI is InChI=1S/C23H23N3OS2/c1-16-8-6-13-21(17(16)2)26-22(27)15-29-20-12-7-11-19(14-20)25-23(28)24-18-9-4-3-5-10-18/h3-14H,15H2,1-2H3,(H,26,27)(H2,24,25,28). The van der Waals surface area contributed by atoms with Crippen LogP contribution in [0.2, 0.25) is 0 Å². The highest BCUT2D eigenvalue weighted by molar-refractivity contribution is 8.00. The van der Waals surface area contributed by atoms with E-state index in [-0.39, 0.29) is 5.91 Å². The van der Waals surface area contributed by atoms with Gasteiger partial charge in [-0.25, -0.2) is 0 Å². The SMILES string of the molecule is Cc1cccc(NC(=O)CSc2cccc(NC(=S)Nc3ccccc3)c2)c1C. The molecular formula is C23H23N3OS2. The zero-order valence-electron chi connectivity index (χ0n) is 16.4. The van der Waals surface area contributed by atoms with Gasteiger partial charge in [0.15, 0.2) is 5.11 Å². The predicted octanol–water partition coefficient (Wildman–Crippen LogP) is 5.84. The molecule has 3 rings (SSSR count). The topological polar surface area (TPSA) is 53.2 Å². The summed E-state index contributed by atoms with van der Waals surface area (Å²) in [5.41, 5.74) is 4.92. The van der Waals surface area contributed by atoms with E-state index < -0.39 is 0 Å². The van der Waals surface area contributed by atoms with Crippen LogP contribution in [0.5, 0.6) is 0 Å². The van der Waals surface area contributed by atoms with E-state index in [0.717, 1.165) is 33.1 Å². The van der Waals surface area contributed by atoms with Gasteiger partial charge in [-0.1, -0.05) is 36.4 Å². The highest BCUT2D eigenvalue weighted by Gasteiger charge is 2.07. The summed E-state index contributed by atoms with van der Waals surface area (Å²) < 4.78 is 0. The van der Waals surface area contributed by atoms with Gasteiger partial charge in [0.2, 0.25) is 5.91 Å². The molecule has 148 valence electrons. The van der Waals surface area contributed by atoms with Gasteiger partial charge in [0.05, 0.1) is 5.75 Å². The minimum Gasteiger partial charge on any atom is -0.332 e. The number of carbonyl (C=O) groups excluding carboxylic acids is 1. The molecule has 1 amide bonds. The van der Waals surface area contributed by atoms with Gasteiger partial charge in [-0.3, -0.25) is 4.79 Å². The van der Waals surface area contributed by atoms with Gasteiger partial charge in [0.1, 0.15) is 0 Å². The summed E-state index contributed by atoms with van der Waals surface area (Å²) in [4.78, 5) is 13.3. The first-order valence-electron chi connectivity index (χ1n) is 9.23. The second-order valence-electron chi connectivity index (χ2n) is 6.56. The highest BCUT2D eigenvalue weighted by atomic mass is 32.2. The van der Waals surface area contributed by atoms with Crippen molar-refractivity contribution in [1.29, 1.82) is 0 Å². The number of thiocarbonyl (C=S) groups is 1. The number of carbonyl (C=O) groups is 1. The van der Waals surface area contributed by atoms with E-state index in [0.29, 0.717) is 10.9 Å². The van der Waals surface area contributed by atoms with Crippen LogP contribution in [0.25, 0.3) is 0 Å². The highest BCUT2D eigenvalue weighted by Crippen LogP contribution is 2.23. The Morgan fingerprint density at radius 1 is 0.862 bits per heavy atom. The zero-order valence-corrected chi connectivity index (χ0v) is 18.0. The summed E-state index contributed by atoms with van der Waals surface area (Å²) in [6, 6.07) is 23.5. The molecule has 0 saturated heterocycles. The molecule has 0 fully saturated rings. The van der Waals surface area contributed by atoms with Crippen LogP contribution < -0.4 is 16.0 Å². The molecule has 0 bridgehead atoms. The molecule has 0 aromatic heterocycles. The van der Waals surface area contributed by atoms with Crippen LogP contribution in [0.15, 0.2) is 77.7 Å². The van der Waals surface area contributed by atoms with E-state index in [1.165, 1.54) is 11.8 Å². The lowest BCUT2D eigenvalue weighted by molar-refractivity contribution is -0.113. The lowest BCUT2D eigenvalue weighted by Crippen LogP contribution is -2.19. The molecule has 0 aliphatic heterocycles. The summed E-state index contributed by atoms with van der Waals surface area (Å²) in [7, 11) is 0. The number of rotatable bonds is 6. The van der Waals surface area contributed by atoms with E-state index in [1.807, 2.05) is 86.6 Å². The largest absolute Gasteiger partial charge is 0.332 e. The third-order valence-electron chi connectivity index (χ3n) is 4.37. The lowest BCUT2D eigenvalue weighted by Gasteiger charge is -2.12. The van der Waals surface area contributed by atoms with Gasteiger partial charge in [0.25, 0.3) is 0 Å². The fourth-order valence-electron chi connectivity index (χ4n) is 2.70. The maximum Gasteiger partial charge on any atom is 0.234 e. The van der Waals surface area contributed by atoms with Crippen molar-refractivity contribution < 1.29 is 4.79 Å². The Hall–Kier alpha value is -2.83. The number of hydrogen-bond donors (Lipinski definition) is 3. The quantitative estimate of drug-likeness (QED) is 0.345. The first kappa shape index (κ1) is 20.9. The van der Waals surface area contributed by atoms with Crippen LogP contribution in [0.3, 0.4) is 0 Å². The molecule has 0 aliphatic carbocycles. The van der Waals surface area contributed by atoms with E-state index in [4.69, 9.17) is 12.2 Å². The molecule has 0 aliphatic rings. The molecule has 0 atom stereocenters. The number of para-hydroxylation sites is 1. The van der Waals surface area contributed by atoms with Gasteiger partial charge in [-0.2, -0.15) is 0 Å². The monoisotopic (exact) mass is 421 g/mol. The third kappa shape index (κ3) is 6.34. The molecule has 0 radical (unpaired) electrons. The molecule has 4 nitrogen and oxygen atoms in total. The minimum absolute atomic E-state index is 0.0247. The Bertz CT molecular complexity index is 1010. The molecule has 3 aromatic carbocycles. The Morgan fingerprint density at radius 2 is 1.55 bits per heavy atom. The van der Waals surface area contributed by atoms with Crippen molar-refractivity contribution in [2.45, 2.75) is 18.7 Å². The van der Waals surface area contributed by atoms with Crippen molar-refractivity contribution in [3.8, 4) is 0 Å². The lowest BCUT2D eigenvalue weighted by atomic mass is 10.1. The molecular weight excluding hydrogens is 398 g/mol. The van der Waals surface area contributed by atoms with Crippen molar-refractivity contribution in [3.63, 3.8) is 0 Å². The van der Waals surface area contributed by atoms with Gasteiger partial charge in [-0.05, 0) is 73.6 Å². The third-order valence-corrected chi connectivity index (χ3v) is 5.57. The van der Waals surface area contributed by atoms with Crippen LogP contribution in [0.1, 0.15) is 11.1 Å². The van der Waals surface area contributed by atoms with Crippen molar-refractivity contribution in [2.24, 2.45) is 0 Å². The first-order valence-corrected chi connectivity index (χ1v) is 10.6. The summed E-state index contributed by atoms with van der Waals surface area (Å²) in [5, 5.41) is 9.83. The summed E-state index contributed by atoms with van der Waals surface area (Å²) >= 11 is 6.86. The maximum absolute atomic E-state index is 12.3. The number of hydrogen-bond acceptors (Lipinski definition) is 3. The Labute approximate surface area is 181 Å². The van der Waals surface area contributed by atoms with Crippen molar-refractivity contribution in [3.05, 3.63) is 83.9 Å². The number of nitrogens with one attached hydrogen (secondary N) is 3. The van der Waals surface area contributed by atoms with Gasteiger partial charge >= 0.3 is 0 Å². The van der Waals surface area contributed by atoms with E-state index in [9.17, 15) is 4.79 Å². The first-order chi connectivity index (χ1) is 14.0. The minimum atomic E-state index is -0.0247. The molecule has 0 spiro atoms. The Morgan fingerprint density at radius 3 is 2.34 bits per heavy atom. The van der Waals surface area contributed by atoms with Crippen molar-refractivity contribution in [2.75, 3.05) is 21.7 Å². The fraction of sp³-hybridized carbons (Fsp3) is 0.130. The number of anilines is 3. The van der Waals surface area contributed by atoms with E-state index >= 15 is 0 Å². The van der Waals surface area contributed by atoms with Crippen molar-refractivity contribution in [1.82, 2.24) is 0 Å². The Kier molecular flexibility index (Phi) is 7.27. The summed E-state index contributed by atoms with van der Waals surface area (Å²) in [5.74, 6) is 0.312. The summed E-state index contributed by atoms with van der Waals surface area (Å²) in [6.45, 7) is 4.05. The second kappa shape index (κ2) is 10.1. The van der Waals surface area contributed by atoms with Crippen LogP contribution >= 0.6 is 24.0 Å². The second-order valence-corrected chi connectivity index (χ2v) is 8.01. The average molecular weight is 422 g/mol. The normalized spacial score (nSPS) is 10.3. The number of aryl methyl sites for hydroxylation is 1. The molecule has 3 aromatic rings. The van der Waals surface area contributed by atoms with E-state index in [2.05, 4.69) is 16.0 Å². The van der Waals surface area contributed by atoms with Crippen molar-refractivity contribution >= 4 is 52.1 Å². The van der Waals surface area contributed by atoms with Crippen LogP contribution in [-0.2, 0) is 4.79 Å². The molecule has 6 heteroatoms. The molecule has 0 heterocycles. The maximum atomic E-state index is 12.3. The van der Waals surface area contributed by atoms with Crippen LogP contribution in [0, 0.1) is 13.8 Å². The van der Waals surface area contributed by atoms with Gasteiger partial charge < -0.3 is 16.0 Å². The predicted molar refractivity (Wildman–Crippen MR) is 128 cm³/mol. The number of benzene rings is 3. The molecule has 0 unspecified atom stereocenters. The van der Waals surface area contributed by atoms with E-state index in [1.54, 1.807) is 0 Å². The van der Waals surface area contributed by atoms with Crippen LogP contribution in [0.4, 0.5) is 17.1 Å². The van der Waals surface area contributed by atoms with Crippen LogP contribution in [-0.4, -0.2) is 16.8 Å². The number of amides is 1. The van der Waals surface area contributed by atoms with Gasteiger partial charge in [-0.15, -0.1) is 11.8 Å². The van der Waals surface area contributed by atoms with Gasteiger partial charge in [0, 0.05) is 22.0 Å². The molecule has 0 saturated carbocycles. The molecule has 3 N–H and O–H groups in total. The number of thioether (sulfide) groups is 1. The Balaban J connectivity index is 1.53. The zero-order chi connectivity index (χ0) is 20.6. The molecule has 29 heavy (non-hydrogen) atoms. The summed E-state index contributed by atoms with van der Waals surface area (Å²) in [6.07, 6.45) is 0.